The van der Waals surface area contributed by atoms with Gasteiger partial charge in [-0.25, -0.2) is 0 Å². The molecule has 1 aliphatic rings. The van der Waals surface area contributed by atoms with Crippen molar-refractivity contribution >= 4 is 5.91 Å². The number of amides is 1. The van der Waals surface area contributed by atoms with Crippen molar-refractivity contribution < 1.29 is 14.3 Å². The molecule has 1 amide bonds. The maximum atomic E-state index is 11.4. The van der Waals surface area contributed by atoms with Crippen LogP contribution in [0.4, 0.5) is 0 Å². The molecule has 0 bridgehead atoms. The third-order valence-electron chi connectivity index (χ3n) is 1.51. The zero-order valence-corrected chi connectivity index (χ0v) is 7.32. The van der Waals surface area contributed by atoms with Crippen molar-refractivity contribution in [2.24, 2.45) is 0 Å². The second-order valence-corrected chi connectivity index (χ2v) is 2.52. The first-order valence-electron chi connectivity index (χ1n) is 3.82. The van der Waals surface area contributed by atoms with E-state index in [1.807, 2.05) is 6.07 Å². The van der Waals surface area contributed by atoms with Crippen LogP contribution in [0.15, 0.2) is 12.0 Å². The second kappa shape index (κ2) is 4.36. The van der Waals surface area contributed by atoms with Crippen molar-refractivity contribution in [3.8, 4) is 6.07 Å². The highest BCUT2D eigenvalue weighted by Crippen LogP contribution is 2.06. The Morgan fingerprint density at radius 3 is 3.08 bits per heavy atom. The number of nitriles is 1. The lowest BCUT2D eigenvalue weighted by Crippen LogP contribution is -2.30. The van der Waals surface area contributed by atoms with Crippen molar-refractivity contribution in [2.45, 2.75) is 0 Å². The molecule has 13 heavy (non-hydrogen) atoms. The Bertz CT molecular complexity index is 267. The average Bonchev–Trinajstić information content (AvgIpc) is 2.18. The van der Waals surface area contributed by atoms with E-state index < -0.39 is 0 Å². The molecule has 0 atom stereocenters. The van der Waals surface area contributed by atoms with Gasteiger partial charge in [-0.05, 0) is 0 Å². The lowest BCUT2D eigenvalue weighted by Gasteiger charge is -2.18. The zero-order valence-electron chi connectivity index (χ0n) is 7.32. The molecule has 1 rings (SSSR count). The van der Waals surface area contributed by atoms with E-state index in [0.29, 0.717) is 13.2 Å². The van der Waals surface area contributed by atoms with E-state index in [4.69, 9.17) is 14.7 Å². The van der Waals surface area contributed by atoms with Crippen LogP contribution in [0.5, 0.6) is 0 Å². The Labute approximate surface area is 76.1 Å². The highest BCUT2D eigenvalue weighted by Gasteiger charge is 2.18. The van der Waals surface area contributed by atoms with Gasteiger partial charge in [-0.15, -0.1) is 0 Å². The molecule has 1 heterocycles. The topological polar surface area (TPSA) is 62.6 Å². The first-order valence-corrected chi connectivity index (χ1v) is 3.82. The largest absolute Gasteiger partial charge is 0.494 e. The summed E-state index contributed by atoms with van der Waals surface area (Å²) in [5, 5.41) is 8.35. The molecule has 5 heteroatoms. The zero-order chi connectivity index (χ0) is 9.68. The van der Waals surface area contributed by atoms with Gasteiger partial charge < -0.3 is 14.4 Å². The molecule has 0 aromatic heterocycles. The molecule has 0 saturated heterocycles. The summed E-state index contributed by atoms with van der Waals surface area (Å²) in [6.07, 6.45) is 1.28. The average molecular weight is 182 g/mol. The standard InChI is InChI=1S/C8H10N2O3/c1-10(3-2-9)8(11)7-6-12-4-5-13-7/h6H,3-5H2,1H3. The number of rotatable bonds is 2. The molecule has 0 unspecified atom stereocenters. The molecular weight excluding hydrogens is 172 g/mol. The molecule has 0 saturated carbocycles. The van der Waals surface area contributed by atoms with Crippen LogP contribution in [0.2, 0.25) is 0 Å². The fourth-order valence-corrected chi connectivity index (χ4v) is 0.846. The number of carbonyl (C=O) groups is 1. The minimum Gasteiger partial charge on any atom is -0.494 e. The van der Waals surface area contributed by atoms with Gasteiger partial charge in [-0.3, -0.25) is 4.79 Å². The summed E-state index contributed by atoms with van der Waals surface area (Å²) in [7, 11) is 1.53. The molecule has 0 N–H and O–H groups in total. The van der Waals surface area contributed by atoms with Gasteiger partial charge in [0.15, 0.2) is 0 Å². The monoisotopic (exact) mass is 182 g/mol. The van der Waals surface area contributed by atoms with E-state index in [-0.39, 0.29) is 18.2 Å². The van der Waals surface area contributed by atoms with Crippen molar-refractivity contribution in [1.29, 1.82) is 5.26 Å². The first kappa shape index (κ1) is 9.39. The lowest BCUT2D eigenvalue weighted by atomic mass is 10.4. The van der Waals surface area contributed by atoms with Crippen LogP contribution in [0.3, 0.4) is 0 Å². The van der Waals surface area contributed by atoms with Gasteiger partial charge in [0.05, 0.1) is 6.07 Å². The number of hydrogen-bond donors (Lipinski definition) is 0. The highest BCUT2D eigenvalue weighted by atomic mass is 16.6. The fraction of sp³-hybridized carbons (Fsp3) is 0.500. The van der Waals surface area contributed by atoms with Gasteiger partial charge in [-0.2, -0.15) is 5.26 Å². The Kier molecular flexibility index (Phi) is 3.15. The number of hydrogen-bond acceptors (Lipinski definition) is 4. The Morgan fingerprint density at radius 2 is 2.54 bits per heavy atom. The maximum absolute atomic E-state index is 11.4. The molecule has 0 spiro atoms. The van der Waals surface area contributed by atoms with Crippen molar-refractivity contribution in [3.05, 3.63) is 12.0 Å². The van der Waals surface area contributed by atoms with Crippen LogP contribution < -0.4 is 0 Å². The minimum absolute atomic E-state index is 0.0412. The van der Waals surface area contributed by atoms with E-state index in [0.717, 1.165) is 0 Å². The summed E-state index contributed by atoms with van der Waals surface area (Å²) in [6.45, 7) is 0.871. The number of ether oxygens (including phenoxy) is 2. The van der Waals surface area contributed by atoms with Crippen molar-refractivity contribution in [3.63, 3.8) is 0 Å². The summed E-state index contributed by atoms with van der Waals surface area (Å²) < 4.78 is 9.96. The van der Waals surface area contributed by atoms with Crippen LogP contribution >= 0.6 is 0 Å². The van der Waals surface area contributed by atoms with Crippen LogP contribution in [0.1, 0.15) is 0 Å². The van der Waals surface area contributed by atoms with Crippen molar-refractivity contribution in [2.75, 3.05) is 26.8 Å². The molecule has 0 fully saturated rings. The molecule has 70 valence electrons. The number of nitrogens with zero attached hydrogens (tertiary/aromatic N) is 2. The second-order valence-electron chi connectivity index (χ2n) is 2.52. The van der Waals surface area contributed by atoms with Gasteiger partial charge in [0.2, 0.25) is 5.76 Å². The summed E-state index contributed by atoms with van der Waals surface area (Å²) in [4.78, 5) is 12.7. The van der Waals surface area contributed by atoms with Crippen LogP contribution in [-0.2, 0) is 14.3 Å². The van der Waals surface area contributed by atoms with Gasteiger partial charge in [0.25, 0.3) is 5.91 Å². The third kappa shape index (κ3) is 2.37. The fourth-order valence-electron chi connectivity index (χ4n) is 0.846. The van der Waals surface area contributed by atoms with E-state index in [1.165, 1.54) is 18.2 Å². The molecule has 1 aliphatic heterocycles. The normalized spacial score (nSPS) is 14.6. The summed E-state index contributed by atoms with van der Waals surface area (Å²) in [5.74, 6) is -0.176. The van der Waals surface area contributed by atoms with E-state index in [1.54, 1.807) is 0 Å². The van der Waals surface area contributed by atoms with Crippen LogP contribution in [-0.4, -0.2) is 37.6 Å². The van der Waals surface area contributed by atoms with E-state index >= 15 is 0 Å². The molecule has 0 aliphatic carbocycles. The number of likely N-dealkylation sites (N-methyl/N-ethyl adjacent to an activating group) is 1. The quantitative estimate of drug-likeness (QED) is 0.557. The van der Waals surface area contributed by atoms with E-state index in [9.17, 15) is 4.79 Å². The Balaban J connectivity index is 2.56. The van der Waals surface area contributed by atoms with Gasteiger partial charge >= 0.3 is 0 Å². The van der Waals surface area contributed by atoms with Crippen LogP contribution in [0, 0.1) is 11.3 Å². The lowest BCUT2D eigenvalue weighted by molar-refractivity contribution is -0.130. The predicted octanol–water partition coefficient (Wildman–Crippen LogP) is -0.143. The summed E-state index contributed by atoms with van der Waals surface area (Å²) in [5.41, 5.74) is 0. The summed E-state index contributed by atoms with van der Waals surface area (Å²) >= 11 is 0. The Morgan fingerprint density at radius 1 is 1.77 bits per heavy atom. The minimum atomic E-state index is -0.332. The van der Waals surface area contributed by atoms with Crippen LogP contribution in [0.25, 0.3) is 0 Å². The molecule has 0 aromatic carbocycles. The smallest absolute Gasteiger partial charge is 0.292 e. The third-order valence-corrected chi connectivity index (χ3v) is 1.51. The molecule has 5 nitrogen and oxygen atoms in total. The molecule has 0 aromatic rings. The maximum Gasteiger partial charge on any atom is 0.292 e. The van der Waals surface area contributed by atoms with Crippen molar-refractivity contribution in [1.82, 2.24) is 4.90 Å². The molecule has 0 radical (unpaired) electrons. The predicted molar refractivity (Wildman–Crippen MR) is 43.2 cm³/mol. The molecular formula is C8H10N2O3. The van der Waals surface area contributed by atoms with Gasteiger partial charge in [-0.1, -0.05) is 0 Å². The SMILES string of the molecule is CN(CC#N)C(=O)C1=COCCO1. The number of carbonyl (C=O) groups excluding carboxylic acids is 1. The first-order chi connectivity index (χ1) is 6.25. The highest BCUT2D eigenvalue weighted by molar-refractivity contribution is 5.91. The van der Waals surface area contributed by atoms with Gasteiger partial charge in [0, 0.05) is 7.05 Å². The summed E-state index contributed by atoms with van der Waals surface area (Å²) in [6, 6.07) is 1.87. The Hall–Kier alpha value is -1.70. The van der Waals surface area contributed by atoms with Gasteiger partial charge in [0.1, 0.15) is 26.0 Å². The van der Waals surface area contributed by atoms with E-state index in [2.05, 4.69) is 0 Å².